The maximum Gasteiger partial charge on any atom is 0.243 e. The molecule has 0 fully saturated rings. The minimum absolute atomic E-state index is 0.202. The van der Waals surface area contributed by atoms with Gasteiger partial charge in [-0.25, -0.2) is 0 Å². The fourth-order valence-corrected chi connectivity index (χ4v) is 22.3. The maximum atomic E-state index is 5.30. The largest absolute Gasteiger partial charge is 0.278 e. The molecule has 11 heteroatoms. The molecule has 0 aliphatic rings. The normalized spacial score (nSPS) is 11.3. The molecule has 0 bridgehead atoms. The zero-order chi connectivity index (χ0) is 97.6. The van der Waals surface area contributed by atoms with E-state index in [1.54, 1.807) is 0 Å². The standard InChI is InChI=1S/C41H26N6.C34H37B.C28H33B.C26H19N3/c1-2-26-23-24-38-32(25-26)31-17-7-12-22-37(31)47(38)41-43-39(45-33-18-8-3-13-27(33)28-14-4-9-19-34(28)45)42-40(44-41)46-35-20-10-5-15-29(35)30-16-6-11-21-36(30)46;1-10-29-11-13-30(14-12-29)31-19-27(8)34(28(9)20-31)35(32-23(4)15-21(2)16-24(32)5)33-25(6)17-22(3)18-26(33)7;1-10-25-15-23(8)28(24(9)16-25)29(26-19(4)11-17(2)12-20(26)5)27-21(6)13-18(3)14-22(27)7;1-2-19-15-17-22(18-16-19)26-28-27-25(21-10-4-3-5-11-21)29(26)24-14-8-12-20-9-6-7-13-23(20)24/h2-25H,1H2;10-20H,1H2,2-9H3;10-16H,1H2,2-9H3;2-18H,1H2. The van der Waals surface area contributed by atoms with Gasteiger partial charge in [-0.2, -0.15) is 15.0 Å². The molecule has 17 aromatic carbocycles. The van der Waals surface area contributed by atoms with Crippen LogP contribution in [-0.2, 0) is 0 Å². The average molecular weight is 1810 g/mol. The van der Waals surface area contributed by atoms with Gasteiger partial charge in [0, 0.05) is 48.8 Å². The minimum atomic E-state index is 0.202. The van der Waals surface area contributed by atoms with E-state index in [2.05, 4.69) is 469 Å². The zero-order valence-corrected chi connectivity index (χ0v) is 83.1. The Morgan fingerprint density at radius 3 is 0.829 bits per heavy atom. The number of rotatable bonds is 17. The summed E-state index contributed by atoms with van der Waals surface area (Å²) >= 11 is 0. The summed E-state index contributed by atoms with van der Waals surface area (Å²) in [6.45, 7) is 52.2. The summed E-state index contributed by atoms with van der Waals surface area (Å²) in [6.07, 6.45) is 7.57. The molecule has 0 N–H and O–H groups in total. The van der Waals surface area contributed by atoms with Gasteiger partial charge in [0.25, 0.3) is 0 Å². The SMILES string of the molecule is C=Cc1cc(C)c(B(c2c(C)cc(C)cc2C)c2c(C)cc(C)cc2C)c(C)c1.C=Cc1ccc(-c2cc(C)c(B(c3c(C)cc(C)cc3C)c3c(C)cc(C)cc3C)c(C)c2)cc1.C=Cc1ccc(-c2nnc(-c3ccccc3)n2-c2cccc3ccccc23)cc1.C=Cc1ccc2c(c1)c1ccccc1n2-c1nc(-n2c3ccccc3c3ccccc32)nc(-n2c3ccccc3c3ccccc32)n1. The molecule has 22 aromatic rings. The quantitative estimate of drug-likeness (QED) is 0.0848. The van der Waals surface area contributed by atoms with Gasteiger partial charge >= 0.3 is 0 Å². The third-order valence-electron chi connectivity index (χ3n) is 28.0. The molecule has 0 aliphatic heterocycles. The van der Waals surface area contributed by atoms with Gasteiger partial charge in [0.15, 0.2) is 11.6 Å². The summed E-state index contributed by atoms with van der Waals surface area (Å²) in [4.78, 5) is 15.9. The van der Waals surface area contributed by atoms with Crippen molar-refractivity contribution in [3.63, 3.8) is 0 Å². The second kappa shape index (κ2) is 39.0. The van der Waals surface area contributed by atoms with Crippen LogP contribution >= 0.6 is 0 Å². The van der Waals surface area contributed by atoms with Gasteiger partial charge in [0.05, 0.1) is 38.8 Å². The lowest BCUT2D eigenvalue weighted by molar-refractivity contribution is 0.848. The molecule has 5 heterocycles. The summed E-state index contributed by atoms with van der Waals surface area (Å²) in [6, 6.07) is 118. The molecule has 0 amide bonds. The van der Waals surface area contributed by atoms with E-state index in [0.29, 0.717) is 17.8 Å². The summed E-state index contributed by atoms with van der Waals surface area (Å²) in [5.41, 5.74) is 46.6. The molecule has 140 heavy (non-hydrogen) atoms. The van der Waals surface area contributed by atoms with Crippen molar-refractivity contribution in [1.29, 1.82) is 0 Å². The Bertz CT molecular complexity index is 8150. The van der Waals surface area contributed by atoms with E-state index in [0.717, 1.165) is 116 Å². The van der Waals surface area contributed by atoms with E-state index in [1.807, 2.05) is 54.6 Å². The van der Waals surface area contributed by atoms with Gasteiger partial charge in [-0.1, -0.05) is 458 Å². The third kappa shape index (κ3) is 17.5. The lowest BCUT2D eigenvalue weighted by Gasteiger charge is -2.27. The minimum Gasteiger partial charge on any atom is -0.278 e. The van der Waals surface area contributed by atoms with E-state index in [9.17, 15) is 0 Å². The van der Waals surface area contributed by atoms with Crippen molar-refractivity contribution in [2.75, 3.05) is 0 Å². The van der Waals surface area contributed by atoms with Crippen LogP contribution in [0, 0.1) is 111 Å². The van der Waals surface area contributed by atoms with Crippen LogP contribution in [0.4, 0.5) is 0 Å². The number of fused-ring (bicyclic) bond motifs is 10. The second-order valence-corrected chi connectivity index (χ2v) is 37.9. The molecule has 0 saturated heterocycles. The summed E-state index contributed by atoms with van der Waals surface area (Å²) in [5.74, 6) is 3.29. The van der Waals surface area contributed by atoms with Crippen molar-refractivity contribution >= 4 is 147 Å². The van der Waals surface area contributed by atoms with Gasteiger partial charge < -0.3 is 0 Å². The summed E-state index contributed by atoms with van der Waals surface area (Å²) < 4.78 is 8.64. The van der Waals surface area contributed by atoms with Crippen molar-refractivity contribution in [1.82, 2.24) is 43.4 Å². The highest BCUT2D eigenvalue weighted by molar-refractivity contribution is 6.97. The van der Waals surface area contributed by atoms with Crippen LogP contribution in [0.25, 0.3) is 158 Å². The first-order chi connectivity index (χ1) is 67.9. The zero-order valence-electron chi connectivity index (χ0n) is 83.1. The molecule has 0 atom stereocenters. The van der Waals surface area contributed by atoms with Crippen LogP contribution < -0.4 is 32.8 Å². The first-order valence-electron chi connectivity index (χ1n) is 48.4. The number of para-hydroxylation sites is 5. The fourth-order valence-electron chi connectivity index (χ4n) is 22.3. The molecular weight excluding hydrogens is 1700 g/mol. The predicted molar refractivity (Wildman–Crippen MR) is 602 cm³/mol. The van der Waals surface area contributed by atoms with E-state index >= 15 is 0 Å². The molecule has 0 spiro atoms. The number of nitrogens with zero attached hydrogens (tertiary/aromatic N) is 9. The van der Waals surface area contributed by atoms with E-state index in [-0.39, 0.29) is 13.4 Å². The third-order valence-corrected chi connectivity index (χ3v) is 28.0. The fraction of sp³-hybridized carbons (Fsp3) is 0.124. The lowest BCUT2D eigenvalue weighted by atomic mass is 9.33. The Labute approximate surface area is 823 Å². The number of aryl methyl sites for hydroxylation is 16. The maximum absolute atomic E-state index is 5.30. The monoisotopic (exact) mass is 1810 g/mol. The Hall–Kier alpha value is -16.4. The van der Waals surface area contributed by atoms with E-state index in [1.165, 1.54) is 144 Å². The number of aromatic nitrogens is 9. The molecule has 0 unspecified atom stereocenters. The van der Waals surface area contributed by atoms with Gasteiger partial charge in [-0.15, -0.1) is 10.2 Å². The highest BCUT2D eigenvalue weighted by atomic mass is 15.3. The molecule has 22 rings (SSSR count). The summed E-state index contributed by atoms with van der Waals surface area (Å²) in [7, 11) is 0. The smallest absolute Gasteiger partial charge is 0.243 e. The Kier molecular flexibility index (Phi) is 25.8. The van der Waals surface area contributed by atoms with Crippen LogP contribution in [0.2, 0.25) is 0 Å². The van der Waals surface area contributed by atoms with Crippen LogP contribution in [0.5, 0.6) is 0 Å². The topological polar surface area (TPSA) is 84.2 Å². The van der Waals surface area contributed by atoms with Gasteiger partial charge in [-0.05, 0) is 198 Å². The average Bonchev–Trinajstić information content (AvgIpc) is 1.55. The number of hydrogen-bond donors (Lipinski definition) is 0. The lowest BCUT2D eigenvalue weighted by Crippen LogP contribution is -2.57. The van der Waals surface area contributed by atoms with Crippen LogP contribution in [-0.4, -0.2) is 56.8 Å². The highest BCUT2D eigenvalue weighted by Gasteiger charge is 2.34. The first kappa shape index (κ1) is 92.7. The van der Waals surface area contributed by atoms with Crippen LogP contribution in [0.3, 0.4) is 0 Å². The van der Waals surface area contributed by atoms with Crippen LogP contribution in [0.15, 0.2) is 360 Å². The van der Waals surface area contributed by atoms with Crippen molar-refractivity contribution in [3.8, 4) is 57.4 Å². The Morgan fingerprint density at radius 1 is 0.207 bits per heavy atom. The molecule has 5 aromatic heterocycles. The molecule has 9 nitrogen and oxygen atoms in total. The van der Waals surface area contributed by atoms with Crippen LogP contribution in [0.1, 0.15) is 111 Å². The predicted octanol–water partition coefficient (Wildman–Crippen LogP) is 28.5. The van der Waals surface area contributed by atoms with E-state index in [4.69, 9.17) is 15.0 Å². The van der Waals surface area contributed by atoms with Gasteiger partial charge in [-0.3, -0.25) is 18.3 Å². The van der Waals surface area contributed by atoms with Crippen molar-refractivity contribution in [2.24, 2.45) is 0 Å². The number of benzene rings is 17. The van der Waals surface area contributed by atoms with E-state index < -0.39 is 0 Å². The highest BCUT2D eigenvalue weighted by Crippen LogP contribution is 2.39. The summed E-state index contributed by atoms with van der Waals surface area (Å²) in [5, 5.41) is 18.4. The van der Waals surface area contributed by atoms with Gasteiger partial charge in [0.2, 0.25) is 31.3 Å². The van der Waals surface area contributed by atoms with Crippen molar-refractivity contribution in [3.05, 3.63) is 471 Å². The molecule has 0 radical (unpaired) electrons. The molecule has 0 saturated carbocycles. The molecular formula is C129H115B2N9. The molecule has 682 valence electrons. The molecule has 0 aliphatic carbocycles. The van der Waals surface area contributed by atoms with Crippen molar-refractivity contribution < 1.29 is 0 Å². The second-order valence-electron chi connectivity index (χ2n) is 37.9. The van der Waals surface area contributed by atoms with Gasteiger partial charge in [0.1, 0.15) is 0 Å². The Morgan fingerprint density at radius 2 is 0.479 bits per heavy atom. The number of hydrogen-bond acceptors (Lipinski definition) is 5. The van der Waals surface area contributed by atoms with Crippen molar-refractivity contribution in [2.45, 2.75) is 111 Å². The Balaban J connectivity index is 0.000000122. The first-order valence-corrected chi connectivity index (χ1v) is 48.4.